The molecule has 0 bridgehead atoms. The number of rotatable bonds is 2. The van der Waals surface area contributed by atoms with Crippen LogP contribution >= 0.6 is 0 Å². The van der Waals surface area contributed by atoms with Crippen molar-refractivity contribution < 1.29 is 0 Å². The summed E-state index contributed by atoms with van der Waals surface area (Å²) in [6, 6.07) is 16.4. The van der Waals surface area contributed by atoms with E-state index in [-0.39, 0.29) is 5.54 Å². The Labute approximate surface area is 119 Å². The molecule has 0 aliphatic heterocycles. The van der Waals surface area contributed by atoms with E-state index in [4.69, 9.17) is 4.98 Å². The first-order valence-corrected chi connectivity index (χ1v) is 6.85. The summed E-state index contributed by atoms with van der Waals surface area (Å²) < 4.78 is 2.10. The molecular weight excluding hydrogens is 246 g/mol. The van der Waals surface area contributed by atoms with Gasteiger partial charge in [0.05, 0.1) is 0 Å². The maximum atomic E-state index is 4.77. The largest absolute Gasteiger partial charge is 0.365 e. The van der Waals surface area contributed by atoms with Gasteiger partial charge < -0.3 is 5.32 Å². The van der Waals surface area contributed by atoms with Crippen LogP contribution in [0.15, 0.2) is 54.7 Å². The minimum atomic E-state index is -0.0185. The quantitative estimate of drug-likeness (QED) is 0.752. The van der Waals surface area contributed by atoms with Crippen LogP contribution in [0, 0.1) is 0 Å². The molecule has 0 aliphatic carbocycles. The van der Waals surface area contributed by atoms with Crippen molar-refractivity contribution in [3.05, 3.63) is 54.7 Å². The maximum Gasteiger partial charge on any atom is 0.139 e. The number of hydrogen-bond donors (Lipinski definition) is 1. The molecule has 2 heterocycles. The van der Waals surface area contributed by atoms with Crippen LogP contribution in [0.1, 0.15) is 20.8 Å². The predicted octanol–water partition coefficient (Wildman–Crippen LogP) is 4.21. The minimum Gasteiger partial charge on any atom is -0.365 e. The molecule has 0 atom stereocenters. The number of pyridine rings is 1. The Bertz CT molecular complexity index is 721. The molecule has 3 aromatic rings. The number of fused-ring (bicyclic) bond motifs is 1. The Kier molecular flexibility index (Phi) is 2.97. The van der Waals surface area contributed by atoms with Crippen molar-refractivity contribution in [3.63, 3.8) is 0 Å². The van der Waals surface area contributed by atoms with Crippen LogP contribution in [0.25, 0.3) is 16.9 Å². The molecule has 0 unspecified atom stereocenters. The highest BCUT2D eigenvalue weighted by atomic mass is 15.2. The number of aromatic nitrogens is 2. The maximum absolute atomic E-state index is 4.77. The Morgan fingerprint density at radius 1 is 0.950 bits per heavy atom. The molecule has 2 aromatic heterocycles. The van der Waals surface area contributed by atoms with E-state index in [1.165, 1.54) is 0 Å². The molecule has 0 saturated heterocycles. The lowest BCUT2D eigenvalue weighted by Gasteiger charge is -2.22. The van der Waals surface area contributed by atoms with Crippen LogP contribution in [0.5, 0.6) is 0 Å². The fourth-order valence-corrected chi connectivity index (χ4v) is 2.27. The number of hydrogen-bond acceptors (Lipinski definition) is 2. The SMILES string of the molecule is CC(C)(C)Nc1c(-c2ccccc2)nc2ccccn12. The Morgan fingerprint density at radius 3 is 2.35 bits per heavy atom. The van der Waals surface area contributed by atoms with Gasteiger partial charge in [0.1, 0.15) is 17.2 Å². The van der Waals surface area contributed by atoms with Crippen molar-refractivity contribution in [1.29, 1.82) is 0 Å². The van der Waals surface area contributed by atoms with Gasteiger partial charge in [0.2, 0.25) is 0 Å². The van der Waals surface area contributed by atoms with Gasteiger partial charge in [0.25, 0.3) is 0 Å². The lowest BCUT2D eigenvalue weighted by atomic mass is 10.1. The normalized spacial score (nSPS) is 11.8. The number of nitrogens with one attached hydrogen (secondary N) is 1. The number of nitrogens with zero attached hydrogens (tertiary/aromatic N) is 2. The summed E-state index contributed by atoms with van der Waals surface area (Å²) in [5, 5.41) is 3.57. The van der Waals surface area contributed by atoms with E-state index >= 15 is 0 Å². The fraction of sp³-hybridized carbons (Fsp3) is 0.235. The van der Waals surface area contributed by atoms with Gasteiger partial charge in [-0.3, -0.25) is 4.40 Å². The van der Waals surface area contributed by atoms with Gasteiger partial charge in [-0.05, 0) is 32.9 Å². The van der Waals surface area contributed by atoms with Crippen molar-refractivity contribution >= 4 is 11.5 Å². The third-order valence-corrected chi connectivity index (χ3v) is 3.07. The van der Waals surface area contributed by atoms with E-state index < -0.39 is 0 Å². The van der Waals surface area contributed by atoms with Crippen LogP contribution in [-0.2, 0) is 0 Å². The second-order valence-electron chi connectivity index (χ2n) is 5.98. The summed E-state index contributed by atoms with van der Waals surface area (Å²) >= 11 is 0. The van der Waals surface area contributed by atoms with Crippen LogP contribution < -0.4 is 5.32 Å². The summed E-state index contributed by atoms with van der Waals surface area (Å²) in [5.74, 6) is 1.04. The highest BCUT2D eigenvalue weighted by molar-refractivity contribution is 5.76. The summed E-state index contributed by atoms with van der Waals surface area (Å²) in [4.78, 5) is 4.77. The number of anilines is 1. The molecule has 0 amide bonds. The average molecular weight is 265 g/mol. The first kappa shape index (κ1) is 12.7. The average Bonchev–Trinajstić information content (AvgIpc) is 2.77. The van der Waals surface area contributed by atoms with E-state index in [0.717, 1.165) is 22.7 Å². The second kappa shape index (κ2) is 4.67. The van der Waals surface area contributed by atoms with E-state index in [9.17, 15) is 0 Å². The van der Waals surface area contributed by atoms with Crippen molar-refractivity contribution in [2.24, 2.45) is 0 Å². The van der Waals surface area contributed by atoms with Gasteiger partial charge in [0, 0.05) is 17.3 Å². The molecule has 0 fully saturated rings. The first-order chi connectivity index (χ1) is 9.54. The van der Waals surface area contributed by atoms with Gasteiger partial charge in [-0.2, -0.15) is 0 Å². The van der Waals surface area contributed by atoms with E-state index in [1.54, 1.807) is 0 Å². The third-order valence-electron chi connectivity index (χ3n) is 3.07. The molecule has 0 spiro atoms. The standard InChI is InChI=1S/C17H19N3/c1-17(2,3)19-16-15(13-9-5-4-6-10-13)18-14-11-7-8-12-20(14)16/h4-12,19H,1-3H3. The Hall–Kier alpha value is -2.29. The number of benzene rings is 1. The van der Waals surface area contributed by atoms with Crippen LogP contribution in [0.3, 0.4) is 0 Å². The van der Waals surface area contributed by atoms with Crippen molar-refractivity contribution in [1.82, 2.24) is 9.38 Å². The van der Waals surface area contributed by atoms with Crippen LogP contribution in [0.2, 0.25) is 0 Å². The van der Waals surface area contributed by atoms with Crippen molar-refractivity contribution in [2.45, 2.75) is 26.3 Å². The molecule has 3 rings (SSSR count). The van der Waals surface area contributed by atoms with E-state index in [0.29, 0.717) is 0 Å². The molecule has 0 saturated carbocycles. The van der Waals surface area contributed by atoms with Crippen LogP contribution in [0.4, 0.5) is 5.82 Å². The van der Waals surface area contributed by atoms with Crippen molar-refractivity contribution in [2.75, 3.05) is 5.32 Å². The zero-order valence-corrected chi connectivity index (χ0v) is 12.1. The molecule has 0 aliphatic rings. The zero-order valence-electron chi connectivity index (χ0n) is 12.1. The third kappa shape index (κ3) is 2.39. The monoisotopic (exact) mass is 265 g/mol. The topological polar surface area (TPSA) is 29.3 Å². The molecule has 102 valence electrons. The summed E-state index contributed by atoms with van der Waals surface area (Å²) in [6.07, 6.45) is 2.04. The Morgan fingerprint density at radius 2 is 1.65 bits per heavy atom. The summed E-state index contributed by atoms with van der Waals surface area (Å²) in [6.45, 7) is 6.47. The van der Waals surface area contributed by atoms with Gasteiger partial charge in [-0.1, -0.05) is 36.4 Å². The van der Waals surface area contributed by atoms with Gasteiger partial charge in [-0.25, -0.2) is 4.98 Å². The molecular formula is C17H19N3. The van der Waals surface area contributed by atoms with E-state index in [1.807, 2.05) is 42.6 Å². The summed E-state index contributed by atoms with van der Waals surface area (Å²) in [5.41, 5.74) is 3.06. The number of imidazole rings is 1. The van der Waals surface area contributed by atoms with E-state index in [2.05, 4.69) is 42.6 Å². The zero-order chi connectivity index (χ0) is 14.2. The molecule has 1 N–H and O–H groups in total. The summed E-state index contributed by atoms with van der Waals surface area (Å²) in [7, 11) is 0. The lowest BCUT2D eigenvalue weighted by Crippen LogP contribution is -2.27. The molecule has 0 radical (unpaired) electrons. The highest BCUT2D eigenvalue weighted by Gasteiger charge is 2.18. The predicted molar refractivity (Wildman–Crippen MR) is 84.0 cm³/mol. The van der Waals surface area contributed by atoms with Crippen molar-refractivity contribution in [3.8, 4) is 11.3 Å². The van der Waals surface area contributed by atoms with Crippen LogP contribution in [-0.4, -0.2) is 14.9 Å². The smallest absolute Gasteiger partial charge is 0.139 e. The molecule has 3 nitrogen and oxygen atoms in total. The first-order valence-electron chi connectivity index (χ1n) is 6.85. The lowest BCUT2D eigenvalue weighted by molar-refractivity contribution is 0.629. The Balaban J connectivity index is 2.23. The van der Waals surface area contributed by atoms with Gasteiger partial charge in [-0.15, -0.1) is 0 Å². The molecule has 1 aromatic carbocycles. The second-order valence-corrected chi connectivity index (χ2v) is 5.98. The molecule has 20 heavy (non-hydrogen) atoms. The van der Waals surface area contributed by atoms with Gasteiger partial charge >= 0.3 is 0 Å². The highest BCUT2D eigenvalue weighted by Crippen LogP contribution is 2.30. The van der Waals surface area contributed by atoms with Gasteiger partial charge in [0.15, 0.2) is 0 Å². The molecule has 3 heteroatoms. The minimum absolute atomic E-state index is 0.0185. The fourth-order valence-electron chi connectivity index (χ4n) is 2.27.